The van der Waals surface area contributed by atoms with Crippen molar-refractivity contribution in [3.8, 4) is 11.5 Å². The molecule has 1 unspecified atom stereocenters. The number of ether oxygens (including phenoxy) is 3. The number of carbonyl (C=O) groups excluding carboxylic acids is 2. The highest BCUT2D eigenvalue weighted by molar-refractivity contribution is 9.10. The van der Waals surface area contributed by atoms with Gasteiger partial charge in [-0.2, -0.15) is 0 Å². The van der Waals surface area contributed by atoms with Crippen LogP contribution in [0.1, 0.15) is 17.3 Å². The molecule has 0 spiro atoms. The molecule has 0 aliphatic rings. The van der Waals surface area contributed by atoms with Crippen molar-refractivity contribution in [3.05, 3.63) is 23.8 Å². The van der Waals surface area contributed by atoms with Crippen LogP contribution >= 0.6 is 15.9 Å². The Balaban J connectivity index is 3.10. The Kier molecular flexibility index (Phi) is 5.15. The molecule has 18 heavy (non-hydrogen) atoms. The maximum absolute atomic E-state index is 11.6. The van der Waals surface area contributed by atoms with Crippen LogP contribution in [0.25, 0.3) is 0 Å². The van der Waals surface area contributed by atoms with Gasteiger partial charge in [-0.25, -0.2) is 4.79 Å². The van der Waals surface area contributed by atoms with E-state index in [1.807, 2.05) is 0 Å². The molecule has 1 rings (SSSR count). The summed E-state index contributed by atoms with van der Waals surface area (Å²) in [7, 11) is 2.73. The number of rotatable bonds is 4. The summed E-state index contributed by atoms with van der Waals surface area (Å²) in [6.07, 6.45) is 0. The lowest BCUT2D eigenvalue weighted by Gasteiger charge is -2.11. The van der Waals surface area contributed by atoms with E-state index >= 15 is 0 Å². The minimum absolute atomic E-state index is 0.137. The summed E-state index contributed by atoms with van der Waals surface area (Å²) in [5.41, 5.74) is 0.137. The average Bonchev–Trinajstić information content (AvgIpc) is 2.38. The summed E-state index contributed by atoms with van der Waals surface area (Å²) < 4.78 is 14.7. The van der Waals surface area contributed by atoms with E-state index in [0.717, 1.165) is 0 Å². The molecule has 0 N–H and O–H groups in total. The van der Waals surface area contributed by atoms with Crippen molar-refractivity contribution < 1.29 is 23.8 Å². The van der Waals surface area contributed by atoms with E-state index in [1.165, 1.54) is 26.4 Å². The molecule has 6 heteroatoms. The van der Waals surface area contributed by atoms with Crippen LogP contribution in [0.15, 0.2) is 18.2 Å². The van der Waals surface area contributed by atoms with Gasteiger partial charge >= 0.3 is 11.9 Å². The van der Waals surface area contributed by atoms with Crippen molar-refractivity contribution >= 4 is 27.9 Å². The molecule has 1 aromatic carbocycles. The first-order valence-corrected chi connectivity index (χ1v) is 6.03. The third kappa shape index (κ3) is 3.46. The van der Waals surface area contributed by atoms with Gasteiger partial charge in [-0.1, -0.05) is 15.9 Å². The number of alkyl halides is 1. The van der Waals surface area contributed by atoms with Crippen molar-refractivity contribution in [2.45, 2.75) is 11.8 Å². The lowest BCUT2D eigenvalue weighted by molar-refractivity contribution is -0.133. The Morgan fingerprint density at radius 3 is 2.44 bits per heavy atom. The summed E-state index contributed by atoms with van der Waals surface area (Å²) in [4.78, 5) is 22.6. The summed E-state index contributed by atoms with van der Waals surface area (Å²) in [5.74, 6) is -0.481. The third-order valence-corrected chi connectivity index (χ3v) is 2.50. The van der Waals surface area contributed by atoms with Gasteiger partial charge < -0.3 is 14.2 Å². The minimum Gasteiger partial charge on any atom is -0.497 e. The molecule has 5 nitrogen and oxygen atoms in total. The lowest BCUT2D eigenvalue weighted by atomic mass is 10.2. The monoisotopic (exact) mass is 316 g/mol. The molecule has 0 heterocycles. The molecule has 0 saturated carbocycles. The van der Waals surface area contributed by atoms with Crippen LogP contribution < -0.4 is 9.47 Å². The quantitative estimate of drug-likeness (QED) is 0.484. The lowest BCUT2D eigenvalue weighted by Crippen LogP contribution is -2.19. The summed E-state index contributed by atoms with van der Waals surface area (Å²) >= 11 is 3.09. The van der Waals surface area contributed by atoms with Gasteiger partial charge in [0.05, 0.1) is 14.2 Å². The zero-order valence-electron chi connectivity index (χ0n) is 10.2. The molecule has 0 saturated heterocycles. The Morgan fingerprint density at radius 2 is 1.94 bits per heavy atom. The second kappa shape index (κ2) is 6.39. The molecule has 1 aromatic rings. The zero-order chi connectivity index (χ0) is 13.7. The number of hydrogen-bond acceptors (Lipinski definition) is 5. The average molecular weight is 317 g/mol. The van der Waals surface area contributed by atoms with E-state index < -0.39 is 16.8 Å². The zero-order valence-corrected chi connectivity index (χ0v) is 11.8. The predicted molar refractivity (Wildman–Crippen MR) is 68.4 cm³/mol. The van der Waals surface area contributed by atoms with Crippen molar-refractivity contribution in [2.75, 3.05) is 14.2 Å². The van der Waals surface area contributed by atoms with E-state index in [1.54, 1.807) is 13.0 Å². The Hall–Kier alpha value is -1.56. The van der Waals surface area contributed by atoms with Gasteiger partial charge in [0.1, 0.15) is 21.9 Å². The largest absolute Gasteiger partial charge is 0.497 e. The predicted octanol–water partition coefficient (Wildman–Crippen LogP) is 2.17. The highest BCUT2D eigenvalue weighted by atomic mass is 79.9. The smallest absolute Gasteiger partial charge is 0.341 e. The van der Waals surface area contributed by atoms with Crippen molar-refractivity contribution in [1.82, 2.24) is 0 Å². The van der Waals surface area contributed by atoms with Crippen molar-refractivity contribution in [3.63, 3.8) is 0 Å². The summed E-state index contributed by atoms with van der Waals surface area (Å²) in [6, 6.07) is 4.53. The van der Waals surface area contributed by atoms with Gasteiger partial charge in [-0.05, 0) is 25.1 Å². The summed E-state index contributed by atoms with van der Waals surface area (Å²) in [5, 5.41) is 0. The third-order valence-electron chi connectivity index (χ3n) is 2.13. The van der Waals surface area contributed by atoms with Crippen molar-refractivity contribution in [1.29, 1.82) is 0 Å². The van der Waals surface area contributed by atoms with E-state index in [0.29, 0.717) is 5.75 Å². The van der Waals surface area contributed by atoms with Gasteiger partial charge in [0.15, 0.2) is 0 Å². The van der Waals surface area contributed by atoms with E-state index in [4.69, 9.17) is 9.47 Å². The van der Waals surface area contributed by atoms with Crippen LogP contribution in [0.2, 0.25) is 0 Å². The molecular formula is C12H13BrO5. The first kappa shape index (κ1) is 14.5. The van der Waals surface area contributed by atoms with Crippen LogP contribution in [0.4, 0.5) is 0 Å². The maximum atomic E-state index is 11.6. The van der Waals surface area contributed by atoms with Crippen molar-refractivity contribution in [2.24, 2.45) is 0 Å². The molecule has 0 aromatic heterocycles. The fraction of sp³-hybridized carbons (Fsp3) is 0.333. The fourth-order valence-corrected chi connectivity index (χ4v) is 1.28. The van der Waals surface area contributed by atoms with Crippen LogP contribution in [0.5, 0.6) is 11.5 Å². The topological polar surface area (TPSA) is 61.8 Å². The number of methoxy groups -OCH3 is 2. The molecule has 0 amide bonds. The van der Waals surface area contributed by atoms with Crippen LogP contribution in [0, 0.1) is 0 Å². The molecule has 0 bridgehead atoms. The van der Waals surface area contributed by atoms with E-state index in [9.17, 15) is 9.59 Å². The molecule has 0 radical (unpaired) electrons. The Bertz CT molecular complexity index is 456. The minimum atomic E-state index is -0.598. The molecule has 98 valence electrons. The van der Waals surface area contributed by atoms with Crippen LogP contribution in [0.3, 0.4) is 0 Å². The Labute approximate surface area is 113 Å². The number of hydrogen-bond donors (Lipinski definition) is 0. The first-order valence-electron chi connectivity index (χ1n) is 5.11. The number of halogens is 1. The van der Waals surface area contributed by atoms with E-state index in [2.05, 4.69) is 20.7 Å². The molecular weight excluding hydrogens is 304 g/mol. The SMILES string of the molecule is COC(=O)c1cc(OC)ccc1OC(=O)C(C)Br. The first-order chi connectivity index (χ1) is 8.49. The second-order valence-corrected chi connectivity index (χ2v) is 4.76. The van der Waals surface area contributed by atoms with Gasteiger partial charge in [0.2, 0.25) is 0 Å². The van der Waals surface area contributed by atoms with Crippen LogP contribution in [-0.2, 0) is 9.53 Å². The normalized spacial score (nSPS) is 11.6. The molecule has 1 atom stereocenters. The molecule has 0 aliphatic carbocycles. The highest BCUT2D eigenvalue weighted by Gasteiger charge is 2.19. The highest BCUT2D eigenvalue weighted by Crippen LogP contribution is 2.25. The molecule has 0 fully saturated rings. The number of benzene rings is 1. The Morgan fingerprint density at radius 1 is 1.28 bits per heavy atom. The summed E-state index contributed by atoms with van der Waals surface area (Å²) in [6.45, 7) is 1.63. The maximum Gasteiger partial charge on any atom is 0.341 e. The molecule has 0 aliphatic heterocycles. The van der Waals surface area contributed by atoms with E-state index in [-0.39, 0.29) is 11.3 Å². The second-order valence-electron chi connectivity index (χ2n) is 3.39. The van der Waals surface area contributed by atoms with Gasteiger partial charge in [-0.3, -0.25) is 4.79 Å². The fourth-order valence-electron chi connectivity index (χ4n) is 1.18. The number of esters is 2. The van der Waals surface area contributed by atoms with Gasteiger partial charge in [0, 0.05) is 0 Å². The van der Waals surface area contributed by atoms with Gasteiger partial charge in [-0.15, -0.1) is 0 Å². The van der Waals surface area contributed by atoms with Gasteiger partial charge in [0.25, 0.3) is 0 Å². The number of carbonyl (C=O) groups is 2. The van der Waals surface area contributed by atoms with Crippen LogP contribution in [-0.4, -0.2) is 31.0 Å². The standard InChI is InChI=1S/C12H13BrO5/c1-7(13)11(14)18-10-5-4-8(16-2)6-9(10)12(15)17-3/h4-7H,1-3H3.